The van der Waals surface area contributed by atoms with Gasteiger partial charge in [-0.15, -0.1) is 0 Å². The molecular weight excluding hydrogens is 288 g/mol. The Bertz CT molecular complexity index is 658. The van der Waals surface area contributed by atoms with Crippen LogP contribution in [0.4, 0.5) is 5.69 Å². The van der Waals surface area contributed by atoms with Gasteiger partial charge >= 0.3 is 0 Å². The molecule has 1 atom stereocenters. The fraction of sp³-hybridized carbons (Fsp3) is 0.188. The maximum Gasteiger partial charge on any atom is 0.253 e. The first-order valence-electron chi connectivity index (χ1n) is 6.51. The van der Waals surface area contributed by atoms with Crippen LogP contribution in [0.3, 0.4) is 0 Å². The molecule has 4 nitrogen and oxygen atoms in total. The Morgan fingerprint density at radius 2 is 2.00 bits per heavy atom. The molecule has 2 rings (SSSR count). The van der Waals surface area contributed by atoms with E-state index in [0.717, 1.165) is 5.56 Å². The van der Waals surface area contributed by atoms with Crippen molar-refractivity contribution in [1.29, 1.82) is 0 Å². The van der Waals surface area contributed by atoms with Crippen molar-refractivity contribution in [3.05, 3.63) is 58.6 Å². The van der Waals surface area contributed by atoms with Crippen LogP contribution in [0.1, 0.15) is 28.9 Å². The van der Waals surface area contributed by atoms with E-state index in [1.165, 1.54) is 0 Å². The highest BCUT2D eigenvalue weighted by molar-refractivity contribution is 6.31. The molecule has 0 aliphatic rings. The summed E-state index contributed by atoms with van der Waals surface area (Å²) in [6.45, 7) is 1.87. The molecule has 5 heteroatoms. The predicted molar refractivity (Wildman–Crippen MR) is 84.7 cm³/mol. The Balaban J connectivity index is 2.20. The second-order valence-electron chi connectivity index (χ2n) is 4.67. The summed E-state index contributed by atoms with van der Waals surface area (Å²) in [5, 5.41) is 3.50. The SMILES string of the molecule is COc1ccc(N)c(C(=O)N[C@H](C)c2ccccc2Cl)c1. The number of rotatable bonds is 4. The Kier molecular flexibility index (Phi) is 4.70. The number of anilines is 1. The van der Waals surface area contributed by atoms with Gasteiger partial charge in [-0.2, -0.15) is 0 Å². The van der Waals surface area contributed by atoms with E-state index >= 15 is 0 Å². The number of hydrogen-bond acceptors (Lipinski definition) is 3. The van der Waals surface area contributed by atoms with Gasteiger partial charge in [-0.3, -0.25) is 4.79 Å². The lowest BCUT2D eigenvalue weighted by molar-refractivity contribution is 0.0940. The number of ether oxygens (including phenoxy) is 1. The van der Waals surface area contributed by atoms with Crippen LogP contribution < -0.4 is 15.8 Å². The van der Waals surface area contributed by atoms with Crippen molar-refractivity contribution in [2.45, 2.75) is 13.0 Å². The largest absolute Gasteiger partial charge is 0.497 e. The first-order chi connectivity index (χ1) is 10.0. The maximum atomic E-state index is 12.3. The molecule has 0 radical (unpaired) electrons. The third-order valence-electron chi connectivity index (χ3n) is 3.22. The van der Waals surface area contributed by atoms with Crippen molar-refractivity contribution in [1.82, 2.24) is 5.32 Å². The summed E-state index contributed by atoms with van der Waals surface area (Å²) in [7, 11) is 1.54. The number of amides is 1. The van der Waals surface area contributed by atoms with E-state index in [-0.39, 0.29) is 11.9 Å². The fourth-order valence-electron chi connectivity index (χ4n) is 2.04. The van der Waals surface area contributed by atoms with Crippen LogP contribution in [0.15, 0.2) is 42.5 Å². The van der Waals surface area contributed by atoms with Gasteiger partial charge in [0.05, 0.1) is 18.7 Å². The summed E-state index contributed by atoms with van der Waals surface area (Å²) in [6.07, 6.45) is 0. The van der Waals surface area contributed by atoms with Crippen LogP contribution in [-0.4, -0.2) is 13.0 Å². The Labute approximate surface area is 128 Å². The monoisotopic (exact) mass is 304 g/mol. The first-order valence-corrected chi connectivity index (χ1v) is 6.89. The van der Waals surface area contributed by atoms with Crippen LogP contribution in [0, 0.1) is 0 Å². The van der Waals surface area contributed by atoms with E-state index in [1.807, 2.05) is 25.1 Å². The Morgan fingerprint density at radius 1 is 1.29 bits per heavy atom. The normalized spacial score (nSPS) is 11.8. The van der Waals surface area contributed by atoms with Crippen molar-refractivity contribution in [2.24, 2.45) is 0 Å². The van der Waals surface area contributed by atoms with E-state index in [9.17, 15) is 4.79 Å². The summed E-state index contributed by atoms with van der Waals surface area (Å²) < 4.78 is 5.11. The molecule has 2 aromatic carbocycles. The molecule has 21 heavy (non-hydrogen) atoms. The van der Waals surface area contributed by atoms with Gasteiger partial charge in [0.2, 0.25) is 0 Å². The lowest BCUT2D eigenvalue weighted by atomic mass is 10.1. The number of benzene rings is 2. The number of carbonyl (C=O) groups excluding carboxylic acids is 1. The summed E-state index contributed by atoms with van der Waals surface area (Å²) in [4.78, 5) is 12.3. The number of methoxy groups -OCH3 is 1. The smallest absolute Gasteiger partial charge is 0.253 e. The molecule has 3 N–H and O–H groups in total. The molecule has 0 aliphatic heterocycles. The molecule has 0 spiro atoms. The molecule has 0 unspecified atom stereocenters. The zero-order valence-corrected chi connectivity index (χ0v) is 12.6. The van der Waals surface area contributed by atoms with E-state index in [0.29, 0.717) is 22.0 Å². The second kappa shape index (κ2) is 6.50. The van der Waals surface area contributed by atoms with E-state index < -0.39 is 0 Å². The quantitative estimate of drug-likeness (QED) is 0.851. The van der Waals surface area contributed by atoms with Crippen LogP contribution in [0.25, 0.3) is 0 Å². The minimum Gasteiger partial charge on any atom is -0.497 e. The fourth-order valence-corrected chi connectivity index (χ4v) is 2.34. The number of hydrogen-bond donors (Lipinski definition) is 2. The first kappa shape index (κ1) is 15.2. The van der Waals surface area contributed by atoms with Gasteiger partial charge in [0.25, 0.3) is 5.91 Å². The lowest BCUT2D eigenvalue weighted by Gasteiger charge is -2.16. The molecule has 0 aromatic heterocycles. The topological polar surface area (TPSA) is 64.3 Å². The third kappa shape index (κ3) is 3.47. The summed E-state index contributed by atoms with van der Waals surface area (Å²) in [6, 6.07) is 12.1. The van der Waals surface area contributed by atoms with Crippen LogP contribution in [-0.2, 0) is 0 Å². The Morgan fingerprint density at radius 3 is 2.67 bits per heavy atom. The average molecular weight is 305 g/mol. The summed E-state index contributed by atoms with van der Waals surface area (Å²) in [5.74, 6) is 0.318. The molecule has 0 saturated carbocycles. The lowest BCUT2D eigenvalue weighted by Crippen LogP contribution is -2.27. The summed E-state index contributed by atoms with van der Waals surface area (Å²) in [5.41, 5.74) is 7.49. The van der Waals surface area contributed by atoms with E-state index in [2.05, 4.69) is 5.32 Å². The van der Waals surface area contributed by atoms with Gasteiger partial charge in [-0.25, -0.2) is 0 Å². The van der Waals surface area contributed by atoms with Gasteiger partial charge in [-0.05, 0) is 36.8 Å². The van der Waals surface area contributed by atoms with Crippen LogP contribution in [0.2, 0.25) is 5.02 Å². The average Bonchev–Trinajstić information content (AvgIpc) is 2.48. The predicted octanol–water partition coefficient (Wildman–Crippen LogP) is 3.42. The highest BCUT2D eigenvalue weighted by Gasteiger charge is 2.16. The molecule has 0 heterocycles. The van der Waals surface area contributed by atoms with Crippen molar-refractivity contribution < 1.29 is 9.53 Å². The van der Waals surface area contributed by atoms with Gasteiger partial charge in [0.1, 0.15) is 5.75 Å². The van der Waals surface area contributed by atoms with E-state index in [1.54, 1.807) is 31.4 Å². The molecule has 0 bridgehead atoms. The number of nitrogen functional groups attached to an aromatic ring is 1. The zero-order valence-electron chi connectivity index (χ0n) is 11.9. The maximum absolute atomic E-state index is 12.3. The minimum atomic E-state index is -0.265. The molecule has 0 aliphatic carbocycles. The van der Waals surface area contributed by atoms with Crippen molar-refractivity contribution in [3.63, 3.8) is 0 Å². The summed E-state index contributed by atoms with van der Waals surface area (Å²) >= 11 is 6.13. The van der Waals surface area contributed by atoms with Gasteiger partial charge < -0.3 is 15.8 Å². The second-order valence-corrected chi connectivity index (χ2v) is 5.08. The number of nitrogens with one attached hydrogen (secondary N) is 1. The van der Waals surface area contributed by atoms with Gasteiger partial charge in [-0.1, -0.05) is 29.8 Å². The Hall–Kier alpha value is -2.20. The van der Waals surface area contributed by atoms with Crippen molar-refractivity contribution >= 4 is 23.2 Å². The number of carbonyl (C=O) groups is 1. The van der Waals surface area contributed by atoms with E-state index in [4.69, 9.17) is 22.1 Å². The molecule has 0 fully saturated rings. The molecular formula is C16H17ClN2O2. The molecule has 2 aromatic rings. The highest BCUT2D eigenvalue weighted by atomic mass is 35.5. The molecule has 1 amide bonds. The standard InChI is InChI=1S/C16H17ClN2O2/c1-10(12-5-3-4-6-14(12)17)19-16(20)13-9-11(21-2)7-8-15(13)18/h3-10H,18H2,1-2H3,(H,19,20)/t10-/m1/s1. The zero-order chi connectivity index (χ0) is 15.4. The highest BCUT2D eigenvalue weighted by Crippen LogP contribution is 2.24. The van der Waals surface area contributed by atoms with Gasteiger partial charge in [0, 0.05) is 10.7 Å². The minimum absolute atomic E-state index is 0.225. The third-order valence-corrected chi connectivity index (χ3v) is 3.57. The number of halogens is 1. The van der Waals surface area contributed by atoms with Crippen LogP contribution in [0.5, 0.6) is 5.75 Å². The number of nitrogens with two attached hydrogens (primary N) is 1. The van der Waals surface area contributed by atoms with Crippen LogP contribution >= 0.6 is 11.6 Å². The molecule has 110 valence electrons. The van der Waals surface area contributed by atoms with Gasteiger partial charge in [0.15, 0.2) is 0 Å². The molecule has 0 saturated heterocycles. The van der Waals surface area contributed by atoms with Crippen molar-refractivity contribution in [2.75, 3.05) is 12.8 Å². The van der Waals surface area contributed by atoms with Crippen molar-refractivity contribution in [3.8, 4) is 5.75 Å².